The third-order valence-corrected chi connectivity index (χ3v) is 4.15. The molecule has 2 unspecified atom stereocenters. The van der Waals surface area contributed by atoms with E-state index in [0.29, 0.717) is 25.9 Å². The molecule has 0 bridgehead atoms. The summed E-state index contributed by atoms with van der Waals surface area (Å²) in [6.07, 6.45) is 4.54. The number of hydrogen-bond donors (Lipinski definition) is 3. The number of ether oxygens (including phenoxy) is 1. The minimum absolute atomic E-state index is 0.0718. The van der Waals surface area contributed by atoms with Gasteiger partial charge in [-0.05, 0) is 38.8 Å². The first kappa shape index (κ1) is 22.7. The molecule has 0 aliphatic heterocycles. The minimum Gasteiger partial charge on any atom is -0.469 e. The molecule has 0 amide bonds. The van der Waals surface area contributed by atoms with E-state index in [1.165, 1.54) is 7.11 Å². The molecule has 0 aromatic heterocycles. The quantitative estimate of drug-likeness (QED) is 0.291. The van der Waals surface area contributed by atoms with E-state index in [4.69, 9.17) is 21.9 Å². The molecule has 2 atom stereocenters. The standard InChI is InChI=1S/C17H33N3O4/c1-24-17(23)14(7-3-5-9-19)11-16(22)13(6-2-4-8-18)10-15(21)12-20/h13-14H,2-12,18-20H2,1H3. The number of nitrogens with two attached hydrogens (primary N) is 3. The van der Waals surface area contributed by atoms with Gasteiger partial charge in [-0.25, -0.2) is 0 Å². The van der Waals surface area contributed by atoms with Crippen LogP contribution in [-0.4, -0.2) is 44.3 Å². The van der Waals surface area contributed by atoms with Gasteiger partial charge in [0.15, 0.2) is 0 Å². The van der Waals surface area contributed by atoms with Crippen molar-refractivity contribution in [3.05, 3.63) is 0 Å². The van der Waals surface area contributed by atoms with Crippen molar-refractivity contribution in [3.63, 3.8) is 0 Å². The summed E-state index contributed by atoms with van der Waals surface area (Å²) in [4.78, 5) is 36.1. The second kappa shape index (κ2) is 14.1. The summed E-state index contributed by atoms with van der Waals surface area (Å²) in [7, 11) is 1.32. The number of esters is 1. The van der Waals surface area contributed by atoms with Gasteiger partial charge in [-0.15, -0.1) is 0 Å². The van der Waals surface area contributed by atoms with Crippen LogP contribution < -0.4 is 17.2 Å². The topological polar surface area (TPSA) is 138 Å². The van der Waals surface area contributed by atoms with E-state index in [0.717, 1.165) is 25.7 Å². The van der Waals surface area contributed by atoms with E-state index in [9.17, 15) is 14.4 Å². The van der Waals surface area contributed by atoms with Gasteiger partial charge in [0.25, 0.3) is 0 Å². The van der Waals surface area contributed by atoms with Gasteiger partial charge in [-0.3, -0.25) is 14.4 Å². The van der Waals surface area contributed by atoms with E-state index in [1.807, 2.05) is 0 Å². The summed E-state index contributed by atoms with van der Waals surface area (Å²) in [5.41, 5.74) is 16.3. The smallest absolute Gasteiger partial charge is 0.309 e. The highest BCUT2D eigenvalue weighted by Gasteiger charge is 2.27. The lowest BCUT2D eigenvalue weighted by atomic mass is 9.85. The molecule has 0 saturated heterocycles. The van der Waals surface area contributed by atoms with Crippen LogP contribution in [0.15, 0.2) is 0 Å². The molecule has 0 saturated carbocycles. The molecule has 0 aromatic carbocycles. The highest BCUT2D eigenvalue weighted by Crippen LogP contribution is 2.22. The molecule has 0 radical (unpaired) electrons. The van der Waals surface area contributed by atoms with Crippen LogP contribution in [0.4, 0.5) is 0 Å². The number of carbonyl (C=O) groups is 3. The molecule has 24 heavy (non-hydrogen) atoms. The SMILES string of the molecule is COC(=O)C(CCCCN)CC(=O)C(CCCCN)CC(=O)CN. The summed E-state index contributed by atoms with van der Waals surface area (Å²) in [6.45, 7) is 1.03. The van der Waals surface area contributed by atoms with E-state index >= 15 is 0 Å². The van der Waals surface area contributed by atoms with Gasteiger partial charge < -0.3 is 21.9 Å². The lowest BCUT2D eigenvalue weighted by Crippen LogP contribution is -2.27. The van der Waals surface area contributed by atoms with Crippen LogP contribution in [0.1, 0.15) is 51.4 Å². The molecule has 0 spiro atoms. The molecule has 0 aromatic rings. The summed E-state index contributed by atoms with van der Waals surface area (Å²) in [6, 6.07) is 0. The van der Waals surface area contributed by atoms with Crippen LogP contribution in [0.5, 0.6) is 0 Å². The van der Waals surface area contributed by atoms with E-state index in [2.05, 4.69) is 0 Å². The number of carbonyl (C=O) groups excluding carboxylic acids is 3. The number of hydrogen-bond acceptors (Lipinski definition) is 7. The number of methoxy groups -OCH3 is 1. The lowest BCUT2D eigenvalue weighted by molar-refractivity contribution is -0.148. The molecule has 0 fully saturated rings. The first-order valence-corrected chi connectivity index (χ1v) is 8.72. The molecule has 140 valence electrons. The van der Waals surface area contributed by atoms with Gasteiger partial charge in [-0.1, -0.05) is 12.8 Å². The molecular formula is C17H33N3O4. The second-order valence-electron chi connectivity index (χ2n) is 6.10. The highest BCUT2D eigenvalue weighted by atomic mass is 16.5. The Hall–Kier alpha value is -1.31. The molecule has 6 N–H and O–H groups in total. The monoisotopic (exact) mass is 343 g/mol. The van der Waals surface area contributed by atoms with Crippen LogP contribution in [0.3, 0.4) is 0 Å². The Labute approximate surface area is 144 Å². The molecule has 7 nitrogen and oxygen atoms in total. The van der Waals surface area contributed by atoms with Gasteiger partial charge >= 0.3 is 5.97 Å². The first-order valence-electron chi connectivity index (χ1n) is 8.72. The Balaban J connectivity index is 4.79. The van der Waals surface area contributed by atoms with Crippen molar-refractivity contribution in [2.24, 2.45) is 29.0 Å². The summed E-state index contributed by atoms with van der Waals surface area (Å²) in [5.74, 6) is -1.46. The van der Waals surface area contributed by atoms with Crippen molar-refractivity contribution >= 4 is 17.5 Å². The maximum Gasteiger partial charge on any atom is 0.309 e. The van der Waals surface area contributed by atoms with E-state index < -0.39 is 11.8 Å². The maximum atomic E-state index is 12.6. The summed E-state index contributed by atoms with van der Waals surface area (Å²) in [5, 5.41) is 0. The zero-order valence-electron chi connectivity index (χ0n) is 14.8. The fourth-order valence-corrected chi connectivity index (χ4v) is 2.68. The van der Waals surface area contributed by atoms with Crippen molar-refractivity contribution in [2.45, 2.75) is 51.4 Å². The number of Topliss-reactive ketones (excluding diaryl/α,β-unsaturated/α-hetero) is 2. The van der Waals surface area contributed by atoms with E-state index in [1.54, 1.807) is 0 Å². The second-order valence-corrected chi connectivity index (χ2v) is 6.10. The molecule has 0 heterocycles. The Bertz CT molecular complexity index is 388. The Kier molecular flexibility index (Phi) is 13.3. The third-order valence-electron chi connectivity index (χ3n) is 4.15. The van der Waals surface area contributed by atoms with Crippen molar-refractivity contribution in [2.75, 3.05) is 26.7 Å². The molecule has 7 heteroatoms. The summed E-state index contributed by atoms with van der Waals surface area (Å²) < 4.78 is 4.80. The summed E-state index contributed by atoms with van der Waals surface area (Å²) >= 11 is 0. The predicted molar refractivity (Wildman–Crippen MR) is 93.1 cm³/mol. The Morgan fingerprint density at radius 2 is 1.38 bits per heavy atom. The largest absolute Gasteiger partial charge is 0.469 e. The van der Waals surface area contributed by atoms with Crippen molar-refractivity contribution < 1.29 is 19.1 Å². The van der Waals surface area contributed by atoms with Gasteiger partial charge in [0.05, 0.1) is 19.6 Å². The van der Waals surface area contributed by atoms with Crippen LogP contribution >= 0.6 is 0 Å². The van der Waals surface area contributed by atoms with Crippen molar-refractivity contribution in [3.8, 4) is 0 Å². The van der Waals surface area contributed by atoms with Gasteiger partial charge in [0.2, 0.25) is 0 Å². The number of unbranched alkanes of at least 4 members (excludes halogenated alkanes) is 2. The average Bonchev–Trinajstić information content (AvgIpc) is 2.59. The van der Waals surface area contributed by atoms with Gasteiger partial charge in [0.1, 0.15) is 11.6 Å². The number of ketones is 2. The third kappa shape index (κ3) is 9.75. The zero-order valence-corrected chi connectivity index (χ0v) is 14.8. The van der Waals surface area contributed by atoms with Crippen LogP contribution in [-0.2, 0) is 19.1 Å². The van der Waals surface area contributed by atoms with Gasteiger partial charge in [0, 0.05) is 18.8 Å². The molecule has 0 rings (SSSR count). The predicted octanol–water partition coefficient (Wildman–Crippen LogP) is 0.527. The van der Waals surface area contributed by atoms with Crippen LogP contribution in [0.25, 0.3) is 0 Å². The molecule has 0 aliphatic rings. The Morgan fingerprint density at radius 1 is 0.833 bits per heavy atom. The average molecular weight is 343 g/mol. The van der Waals surface area contributed by atoms with Crippen LogP contribution in [0, 0.1) is 11.8 Å². The number of rotatable bonds is 15. The first-order chi connectivity index (χ1) is 11.5. The van der Waals surface area contributed by atoms with Crippen LogP contribution in [0.2, 0.25) is 0 Å². The normalized spacial score (nSPS) is 13.3. The van der Waals surface area contributed by atoms with E-state index in [-0.39, 0.29) is 36.9 Å². The Morgan fingerprint density at radius 3 is 1.83 bits per heavy atom. The van der Waals surface area contributed by atoms with Crippen molar-refractivity contribution in [1.82, 2.24) is 0 Å². The molecule has 0 aliphatic carbocycles. The zero-order chi connectivity index (χ0) is 18.4. The van der Waals surface area contributed by atoms with Crippen molar-refractivity contribution in [1.29, 1.82) is 0 Å². The molecular weight excluding hydrogens is 310 g/mol. The minimum atomic E-state index is -0.473. The maximum absolute atomic E-state index is 12.6. The highest BCUT2D eigenvalue weighted by molar-refractivity contribution is 5.90. The fraction of sp³-hybridized carbons (Fsp3) is 0.824. The fourth-order valence-electron chi connectivity index (χ4n) is 2.68. The van der Waals surface area contributed by atoms with Gasteiger partial charge in [-0.2, -0.15) is 0 Å². The lowest BCUT2D eigenvalue weighted by Gasteiger charge is -2.19.